The number of nitrogens with one attached hydrogen (secondary N) is 1. The highest BCUT2D eigenvalue weighted by molar-refractivity contribution is 7.99. The lowest BCUT2D eigenvalue weighted by Crippen LogP contribution is -2.51. The Morgan fingerprint density at radius 3 is 2.61 bits per heavy atom. The predicted octanol–water partition coefficient (Wildman–Crippen LogP) is 4.08. The summed E-state index contributed by atoms with van der Waals surface area (Å²) in [5.74, 6) is 2.36. The van der Waals surface area contributed by atoms with Gasteiger partial charge in [-0.1, -0.05) is 27.2 Å². The fourth-order valence-corrected chi connectivity index (χ4v) is 6.28. The van der Waals surface area contributed by atoms with Gasteiger partial charge < -0.3 is 5.32 Å². The van der Waals surface area contributed by atoms with Crippen LogP contribution in [0.25, 0.3) is 0 Å². The maximum atomic E-state index is 3.99. The van der Waals surface area contributed by atoms with E-state index in [0.717, 1.165) is 17.2 Å². The molecular weight excluding hydrogens is 238 g/mol. The van der Waals surface area contributed by atoms with Gasteiger partial charge >= 0.3 is 0 Å². The zero-order chi connectivity index (χ0) is 12.8. The number of thioether (sulfide) groups is 1. The molecule has 3 fully saturated rings. The SMILES string of the molecule is CC1(C)C(NCC2CCCCS2)[C@]2(C)CC[C@H]1C2. The Morgan fingerprint density at radius 2 is 2.00 bits per heavy atom. The summed E-state index contributed by atoms with van der Waals surface area (Å²) in [4.78, 5) is 0. The average Bonchev–Trinajstić information content (AvgIpc) is 2.81. The predicted molar refractivity (Wildman–Crippen MR) is 81.1 cm³/mol. The highest BCUT2D eigenvalue weighted by Gasteiger charge is 2.58. The van der Waals surface area contributed by atoms with Gasteiger partial charge in [0.05, 0.1) is 0 Å². The van der Waals surface area contributed by atoms with Crippen LogP contribution in [0.5, 0.6) is 0 Å². The van der Waals surface area contributed by atoms with E-state index in [1.807, 2.05) is 0 Å². The van der Waals surface area contributed by atoms with Crippen molar-refractivity contribution in [2.45, 2.75) is 70.6 Å². The van der Waals surface area contributed by atoms with E-state index in [1.54, 1.807) is 0 Å². The maximum Gasteiger partial charge on any atom is 0.0175 e. The number of rotatable bonds is 3. The molecule has 1 saturated heterocycles. The van der Waals surface area contributed by atoms with Gasteiger partial charge in [0, 0.05) is 17.8 Å². The lowest BCUT2D eigenvalue weighted by molar-refractivity contribution is 0.109. The zero-order valence-electron chi connectivity index (χ0n) is 12.3. The van der Waals surface area contributed by atoms with Crippen LogP contribution in [0.3, 0.4) is 0 Å². The van der Waals surface area contributed by atoms with Crippen molar-refractivity contribution >= 4 is 11.8 Å². The molecule has 18 heavy (non-hydrogen) atoms. The molecule has 1 aliphatic heterocycles. The zero-order valence-corrected chi connectivity index (χ0v) is 13.1. The molecule has 1 heterocycles. The second-order valence-corrected chi connectivity index (χ2v) is 9.15. The van der Waals surface area contributed by atoms with Gasteiger partial charge in [-0.15, -0.1) is 0 Å². The molecule has 0 radical (unpaired) electrons. The van der Waals surface area contributed by atoms with Crippen LogP contribution in [-0.4, -0.2) is 23.6 Å². The summed E-state index contributed by atoms with van der Waals surface area (Å²) in [6.07, 6.45) is 8.72. The van der Waals surface area contributed by atoms with Crippen molar-refractivity contribution in [1.29, 1.82) is 0 Å². The van der Waals surface area contributed by atoms with Gasteiger partial charge in [0.15, 0.2) is 0 Å². The Labute approximate surface area is 117 Å². The van der Waals surface area contributed by atoms with Crippen LogP contribution in [0, 0.1) is 16.7 Å². The fraction of sp³-hybridized carbons (Fsp3) is 1.00. The van der Waals surface area contributed by atoms with E-state index in [9.17, 15) is 0 Å². The van der Waals surface area contributed by atoms with Crippen LogP contribution in [0.1, 0.15) is 59.3 Å². The average molecular weight is 267 g/mol. The number of fused-ring (bicyclic) bond motifs is 2. The van der Waals surface area contributed by atoms with E-state index < -0.39 is 0 Å². The van der Waals surface area contributed by atoms with Crippen molar-refractivity contribution in [3.05, 3.63) is 0 Å². The minimum absolute atomic E-state index is 0.520. The van der Waals surface area contributed by atoms with E-state index in [1.165, 1.54) is 50.8 Å². The third-order valence-corrected chi connectivity index (χ3v) is 7.49. The third-order valence-electron chi connectivity index (χ3n) is 6.09. The summed E-state index contributed by atoms with van der Waals surface area (Å²) < 4.78 is 0. The largest absolute Gasteiger partial charge is 0.312 e. The molecule has 2 aliphatic carbocycles. The smallest absolute Gasteiger partial charge is 0.0175 e. The molecule has 2 saturated carbocycles. The van der Waals surface area contributed by atoms with Gasteiger partial charge in [0.25, 0.3) is 0 Å². The summed E-state index contributed by atoms with van der Waals surface area (Å²) in [5, 5.41) is 4.88. The van der Waals surface area contributed by atoms with Crippen LogP contribution in [0.4, 0.5) is 0 Å². The summed E-state index contributed by atoms with van der Waals surface area (Å²) >= 11 is 2.20. The Morgan fingerprint density at radius 1 is 1.17 bits per heavy atom. The molecule has 1 N–H and O–H groups in total. The highest BCUT2D eigenvalue weighted by atomic mass is 32.2. The first kappa shape index (κ1) is 13.3. The molecule has 0 aromatic heterocycles. The first-order valence-electron chi connectivity index (χ1n) is 7.87. The number of hydrogen-bond donors (Lipinski definition) is 1. The van der Waals surface area contributed by atoms with E-state index >= 15 is 0 Å². The molecule has 0 aromatic carbocycles. The topological polar surface area (TPSA) is 12.0 Å². The molecule has 2 heteroatoms. The van der Waals surface area contributed by atoms with Crippen LogP contribution in [0.2, 0.25) is 0 Å². The Hall–Kier alpha value is 0.310. The summed E-state index contributed by atoms with van der Waals surface area (Å²) in [5.41, 5.74) is 1.11. The molecule has 2 bridgehead atoms. The lowest BCUT2D eigenvalue weighted by atomic mass is 9.68. The van der Waals surface area contributed by atoms with Crippen molar-refractivity contribution < 1.29 is 0 Å². The van der Waals surface area contributed by atoms with Crippen LogP contribution in [0.15, 0.2) is 0 Å². The van der Waals surface area contributed by atoms with Crippen LogP contribution in [-0.2, 0) is 0 Å². The molecule has 0 amide bonds. The fourth-order valence-electron chi connectivity index (χ4n) is 5.03. The Balaban J connectivity index is 1.61. The first-order chi connectivity index (χ1) is 8.52. The Bertz CT molecular complexity index is 303. The van der Waals surface area contributed by atoms with Gasteiger partial charge in [0.1, 0.15) is 0 Å². The summed E-state index contributed by atoms with van der Waals surface area (Å²) in [7, 11) is 0. The first-order valence-corrected chi connectivity index (χ1v) is 8.92. The van der Waals surface area contributed by atoms with Crippen molar-refractivity contribution in [1.82, 2.24) is 5.32 Å². The second-order valence-electron chi connectivity index (χ2n) is 7.74. The quantitative estimate of drug-likeness (QED) is 0.827. The van der Waals surface area contributed by atoms with Crippen molar-refractivity contribution in [3.8, 4) is 0 Å². The molecule has 0 aromatic rings. The monoisotopic (exact) mass is 267 g/mol. The molecule has 4 atom stereocenters. The van der Waals surface area contributed by atoms with Crippen molar-refractivity contribution in [3.63, 3.8) is 0 Å². The molecule has 3 aliphatic rings. The lowest BCUT2D eigenvalue weighted by Gasteiger charge is -2.44. The maximum absolute atomic E-state index is 3.99. The van der Waals surface area contributed by atoms with E-state index in [2.05, 4.69) is 37.8 Å². The summed E-state index contributed by atoms with van der Waals surface area (Å²) in [6, 6.07) is 0.756. The van der Waals surface area contributed by atoms with E-state index in [-0.39, 0.29) is 0 Å². The van der Waals surface area contributed by atoms with E-state index in [0.29, 0.717) is 10.8 Å². The minimum Gasteiger partial charge on any atom is -0.312 e. The van der Waals surface area contributed by atoms with Gasteiger partial charge in [-0.2, -0.15) is 11.8 Å². The van der Waals surface area contributed by atoms with Crippen LogP contribution < -0.4 is 5.32 Å². The molecule has 1 nitrogen and oxygen atoms in total. The van der Waals surface area contributed by atoms with Crippen molar-refractivity contribution in [2.75, 3.05) is 12.3 Å². The number of hydrogen-bond acceptors (Lipinski definition) is 2. The molecule has 3 rings (SSSR count). The molecule has 0 spiro atoms. The van der Waals surface area contributed by atoms with Gasteiger partial charge in [-0.25, -0.2) is 0 Å². The minimum atomic E-state index is 0.520. The normalized spacial score (nSPS) is 46.5. The van der Waals surface area contributed by atoms with Gasteiger partial charge in [-0.05, 0) is 54.6 Å². The van der Waals surface area contributed by atoms with Crippen LogP contribution >= 0.6 is 11.8 Å². The van der Waals surface area contributed by atoms with Gasteiger partial charge in [0.2, 0.25) is 0 Å². The van der Waals surface area contributed by atoms with Gasteiger partial charge in [-0.3, -0.25) is 0 Å². The molecule has 104 valence electrons. The second kappa shape index (κ2) is 4.70. The third kappa shape index (κ3) is 2.14. The highest BCUT2D eigenvalue weighted by Crippen LogP contribution is 2.62. The van der Waals surface area contributed by atoms with E-state index in [4.69, 9.17) is 0 Å². The standard InChI is InChI=1S/C16H29NS/c1-15(2)12-7-8-16(3,10-12)14(15)17-11-13-6-4-5-9-18-13/h12-14,17H,4-11H2,1-3H3/t12-,13?,14?,16+/m0/s1. The van der Waals surface area contributed by atoms with Crippen molar-refractivity contribution in [2.24, 2.45) is 16.7 Å². The Kier molecular flexibility index (Phi) is 3.47. The molecular formula is C16H29NS. The molecule has 2 unspecified atom stereocenters. The summed E-state index contributed by atoms with van der Waals surface area (Å²) in [6.45, 7) is 8.80.